The zero-order chi connectivity index (χ0) is 25.2. The van der Waals surface area contributed by atoms with Gasteiger partial charge in [-0.3, -0.25) is 14.6 Å². The van der Waals surface area contributed by atoms with Crippen LogP contribution >= 0.6 is 0 Å². The molecule has 1 aromatic heterocycles. The number of ether oxygens (including phenoxy) is 1. The predicted octanol–water partition coefficient (Wildman–Crippen LogP) is 4.72. The molecule has 0 aliphatic rings. The molecule has 0 saturated heterocycles. The first-order chi connectivity index (χ1) is 17.6. The Bertz CT molecular complexity index is 1250. The molecule has 0 aliphatic carbocycles. The van der Waals surface area contributed by atoms with Crippen LogP contribution in [0.3, 0.4) is 0 Å². The van der Waals surface area contributed by atoms with E-state index in [1.807, 2.05) is 103 Å². The minimum Gasteiger partial charge on any atom is -0.497 e. The summed E-state index contributed by atoms with van der Waals surface area (Å²) in [6, 6.07) is 31.3. The molecule has 2 amide bonds. The summed E-state index contributed by atoms with van der Waals surface area (Å²) in [6.07, 6.45) is 1.88. The number of carbonyl (C=O) groups excluding carboxylic acids is 2. The topological polar surface area (TPSA) is 71.5 Å². The molecule has 0 aliphatic heterocycles. The highest BCUT2D eigenvalue weighted by molar-refractivity contribution is 5.89. The number of rotatable bonds is 10. The van der Waals surface area contributed by atoms with E-state index in [4.69, 9.17) is 4.74 Å². The van der Waals surface area contributed by atoms with Gasteiger partial charge in [-0.15, -0.1) is 0 Å². The fourth-order valence-electron chi connectivity index (χ4n) is 4.01. The molecule has 6 nitrogen and oxygen atoms in total. The fourth-order valence-corrected chi connectivity index (χ4v) is 4.01. The third kappa shape index (κ3) is 6.57. The zero-order valence-corrected chi connectivity index (χ0v) is 20.2. The highest BCUT2D eigenvalue weighted by atomic mass is 16.5. The molecule has 182 valence electrons. The van der Waals surface area contributed by atoms with E-state index < -0.39 is 6.04 Å². The smallest absolute Gasteiger partial charge is 0.247 e. The summed E-state index contributed by atoms with van der Waals surface area (Å²) in [5.41, 5.74) is 3.28. The van der Waals surface area contributed by atoms with Gasteiger partial charge < -0.3 is 15.0 Å². The molecule has 3 aromatic carbocycles. The van der Waals surface area contributed by atoms with Crippen molar-refractivity contribution in [2.24, 2.45) is 0 Å². The molecule has 4 aromatic rings. The van der Waals surface area contributed by atoms with Gasteiger partial charge in [0.2, 0.25) is 11.8 Å². The van der Waals surface area contributed by atoms with Gasteiger partial charge in [0.15, 0.2) is 0 Å². The number of hydrogen-bond donors (Lipinski definition) is 1. The maximum Gasteiger partial charge on any atom is 0.247 e. The van der Waals surface area contributed by atoms with E-state index >= 15 is 0 Å². The van der Waals surface area contributed by atoms with Gasteiger partial charge in [-0.05, 0) is 41.0 Å². The summed E-state index contributed by atoms with van der Waals surface area (Å²) in [5, 5.41) is 2.99. The lowest BCUT2D eigenvalue weighted by molar-refractivity contribution is -0.141. The van der Waals surface area contributed by atoms with Crippen LogP contribution in [-0.2, 0) is 29.1 Å². The van der Waals surface area contributed by atoms with Crippen LogP contribution in [0, 0.1) is 0 Å². The van der Waals surface area contributed by atoms with Crippen LogP contribution in [0.4, 0.5) is 0 Å². The van der Waals surface area contributed by atoms with Crippen LogP contribution in [0.15, 0.2) is 109 Å². The van der Waals surface area contributed by atoms with Gasteiger partial charge >= 0.3 is 0 Å². The lowest BCUT2D eigenvalue weighted by Crippen LogP contribution is -2.44. The highest BCUT2D eigenvalue weighted by Gasteiger charge is 2.31. The Labute approximate surface area is 211 Å². The Morgan fingerprint density at radius 1 is 0.833 bits per heavy atom. The molecule has 0 fully saturated rings. The average molecular weight is 480 g/mol. The lowest BCUT2D eigenvalue weighted by Gasteiger charge is -2.32. The number of carbonyl (C=O) groups is 2. The Hall–Kier alpha value is -4.45. The Morgan fingerprint density at radius 2 is 1.50 bits per heavy atom. The molecule has 36 heavy (non-hydrogen) atoms. The van der Waals surface area contributed by atoms with Gasteiger partial charge in [-0.25, -0.2) is 0 Å². The molecule has 1 N–H and O–H groups in total. The summed E-state index contributed by atoms with van der Waals surface area (Å²) in [6.45, 7) is 0.540. The first kappa shape index (κ1) is 24.7. The van der Waals surface area contributed by atoms with Gasteiger partial charge in [0.1, 0.15) is 11.8 Å². The van der Waals surface area contributed by atoms with Gasteiger partial charge in [-0.2, -0.15) is 0 Å². The van der Waals surface area contributed by atoms with Gasteiger partial charge in [-0.1, -0.05) is 78.9 Å². The van der Waals surface area contributed by atoms with Crippen molar-refractivity contribution in [3.05, 3.63) is 132 Å². The minimum atomic E-state index is -0.812. The van der Waals surface area contributed by atoms with E-state index in [0.717, 1.165) is 28.1 Å². The van der Waals surface area contributed by atoms with Crippen LogP contribution < -0.4 is 10.1 Å². The first-order valence-corrected chi connectivity index (χ1v) is 11.8. The monoisotopic (exact) mass is 479 g/mol. The first-order valence-electron chi connectivity index (χ1n) is 11.8. The molecule has 0 bridgehead atoms. The Kier molecular flexibility index (Phi) is 8.44. The maximum atomic E-state index is 13.7. The number of nitrogens with one attached hydrogen (secondary N) is 1. The SMILES string of the molecule is COc1ccc(CN(C(=O)Cc2ccccc2)[C@@H](C(=O)NCc2ccccn2)c2ccccc2)cc1. The molecule has 1 atom stereocenters. The molecule has 0 spiro atoms. The van der Waals surface area contributed by atoms with Crippen LogP contribution in [0.2, 0.25) is 0 Å². The number of hydrogen-bond acceptors (Lipinski definition) is 4. The predicted molar refractivity (Wildman–Crippen MR) is 139 cm³/mol. The number of amides is 2. The molecular weight excluding hydrogens is 450 g/mol. The third-order valence-electron chi connectivity index (χ3n) is 5.88. The summed E-state index contributed by atoms with van der Waals surface area (Å²) < 4.78 is 5.28. The van der Waals surface area contributed by atoms with Gasteiger partial charge in [0.25, 0.3) is 0 Å². The van der Waals surface area contributed by atoms with Crippen molar-refractivity contribution in [3.63, 3.8) is 0 Å². The second kappa shape index (κ2) is 12.3. The van der Waals surface area contributed by atoms with E-state index in [-0.39, 0.29) is 31.3 Å². The van der Waals surface area contributed by atoms with E-state index in [1.165, 1.54) is 0 Å². The van der Waals surface area contributed by atoms with E-state index in [2.05, 4.69) is 10.3 Å². The van der Waals surface area contributed by atoms with Crippen LogP contribution in [0.25, 0.3) is 0 Å². The molecule has 0 saturated carbocycles. The summed E-state index contributed by atoms with van der Waals surface area (Å²) >= 11 is 0. The number of aromatic nitrogens is 1. The van der Waals surface area contributed by atoms with Crippen molar-refractivity contribution in [2.75, 3.05) is 7.11 Å². The number of pyridine rings is 1. The van der Waals surface area contributed by atoms with Crippen LogP contribution in [-0.4, -0.2) is 28.8 Å². The zero-order valence-electron chi connectivity index (χ0n) is 20.2. The Balaban J connectivity index is 1.66. The molecule has 4 rings (SSSR count). The fraction of sp³-hybridized carbons (Fsp3) is 0.167. The van der Waals surface area contributed by atoms with Crippen LogP contribution in [0.5, 0.6) is 5.75 Å². The average Bonchev–Trinajstić information content (AvgIpc) is 2.93. The van der Waals surface area contributed by atoms with Gasteiger partial charge in [0, 0.05) is 12.7 Å². The standard InChI is InChI=1S/C30H29N3O3/c1-36-27-17-15-24(16-18-27)22-33(28(34)20-23-10-4-2-5-11-23)29(25-12-6-3-7-13-25)30(35)32-21-26-14-8-9-19-31-26/h2-19,29H,20-22H2,1H3,(H,32,35)/t29-/m1/s1. The number of benzene rings is 3. The molecule has 0 unspecified atom stereocenters. The normalized spacial score (nSPS) is 11.4. The summed E-state index contributed by atoms with van der Waals surface area (Å²) in [7, 11) is 1.61. The summed E-state index contributed by atoms with van der Waals surface area (Å²) in [5.74, 6) is 0.328. The van der Waals surface area contributed by atoms with Crippen molar-refractivity contribution in [1.29, 1.82) is 0 Å². The van der Waals surface area contributed by atoms with E-state index in [9.17, 15) is 9.59 Å². The van der Waals surface area contributed by atoms with Gasteiger partial charge in [0.05, 0.1) is 25.8 Å². The molecule has 0 radical (unpaired) electrons. The molecular formula is C30H29N3O3. The highest BCUT2D eigenvalue weighted by Crippen LogP contribution is 2.26. The maximum absolute atomic E-state index is 13.7. The van der Waals surface area contributed by atoms with Crippen molar-refractivity contribution in [1.82, 2.24) is 15.2 Å². The van der Waals surface area contributed by atoms with E-state index in [0.29, 0.717) is 0 Å². The number of methoxy groups -OCH3 is 1. The van der Waals surface area contributed by atoms with Crippen molar-refractivity contribution in [2.45, 2.75) is 25.6 Å². The third-order valence-corrected chi connectivity index (χ3v) is 5.88. The van der Waals surface area contributed by atoms with E-state index in [1.54, 1.807) is 18.2 Å². The minimum absolute atomic E-state index is 0.140. The van der Waals surface area contributed by atoms with Crippen LogP contribution in [0.1, 0.15) is 28.4 Å². The second-order valence-corrected chi connectivity index (χ2v) is 8.38. The quantitative estimate of drug-likeness (QED) is 0.357. The van der Waals surface area contributed by atoms with Crippen molar-refractivity contribution >= 4 is 11.8 Å². The largest absolute Gasteiger partial charge is 0.497 e. The molecule has 6 heteroatoms. The lowest BCUT2D eigenvalue weighted by atomic mass is 10.0. The Morgan fingerprint density at radius 3 is 2.14 bits per heavy atom. The summed E-state index contributed by atoms with van der Waals surface area (Å²) in [4.78, 5) is 33.3. The molecule has 1 heterocycles. The van der Waals surface area contributed by atoms with Crippen molar-refractivity contribution in [3.8, 4) is 5.75 Å². The number of nitrogens with zero attached hydrogens (tertiary/aromatic N) is 2. The second-order valence-electron chi connectivity index (χ2n) is 8.38. The van der Waals surface area contributed by atoms with Crippen molar-refractivity contribution < 1.29 is 14.3 Å².